The van der Waals surface area contributed by atoms with E-state index in [1.807, 2.05) is 24.3 Å². The fourth-order valence-electron chi connectivity index (χ4n) is 1.68. The minimum Gasteiger partial charge on any atom is -0.343 e. The highest BCUT2D eigenvalue weighted by Gasteiger charge is 2.07. The number of hydrogen-bond acceptors (Lipinski definition) is 2. The van der Waals surface area contributed by atoms with Crippen molar-refractivity contribution in [1.82, 2.24) is 9.97 Å². The number of nitrogens with one attached hydrogen (secondary N) is 1. The summed E-state index contributed by atoms with van der Waals surface area (Å²) in [5.74, 6) is 1.37. The van der Waals surface area contributed by atoms with E-state index in [1.165, 1.54) is 0 Å². The summed E-state index contributed by atoms with van der Waals surface area (Å²) in [7, 11) is 0. The van der Waals surface area contributed by atoms with Crippen LogP contribution in [-0.4, -0.2) is 9.97 Å². The van der Waals surface area contributed by atoms with Crippen LogP contribution in [0, 0.1) is 4.64 Å². The standard InChI is InChI=1S/C14H16N2S/c1-3-10(2)14-15-12(9-13(17)16-14)11-7-5-4-6-8-11/h4-10H,3H2,1-2H3,(H,15,16,17). The molecule has 1 unspecified atom stereocenters. The summed E-state index contributed by atoms with van der Waals surface area (Å²) < 4.78 is 0.651. The Morgan fingerprint density at radius 3 is 2.65 bits per heavy atom. The zero-order valence-corrected chi connectivity index (χ0v) is 10.9. The maximum Gasteiger partial charge on any atom is 0.130 e. The van der Waals surface area contributed by atoms with Gasteiger partial charge in [0.1, 0.15) is 10.5 Å². The highest BCUT2D eigenvalue weighted by Crippen LogP contribution is 2.20. The predicted octanol–water partition coefficient (Wildman–Crippen LogP) is 4.32. The van der Waals surface area contributed by atoms with Crippen molar-refractivity contribution in [2.75, 3.05) is 0 Å². The number of hydrogen-bond donors (Lipinski definition) is 1. The van der Waals surface area contributed by atoms with Crippen LogP contribution in [-0.2, 0) is 0 Å². The molecule has 0 aliphatic carbocycles. The van der Waals surface area contributed by atoms with Gasteiger partial charge < -0.3 is 4.98 Å². The molecule has 0 aliphatic rings. The molecule has 17 heavy (non-hydrogen) atoms. The second kappa shape index (κ2) is 5.23. The Morgan fingerprint density at radius 1 is 1.29 bits per heavy atom. The largest absolute Gasteiger partial charge is 0.343 e. The van der Waals surface area contributed by atoms with Gasteiger partial charge in [0.25, 0.3) is 0 Å². The molecule has 0 spiro atoms. The van der Waals surface area contributed by atoms with Crippen molar-refractivity contribution in [3.8, 4) is 11.3 Å². The van der Waals surface area contributed by atoms with E-state index in [2.05, 4.69) is 35.9 Å². The third-order valence-electron chi connectivity index (χ3n) is 2.93. The van der Waals surface area contributed by atoms with Crippen molar-refractivity contribution in [3.63, 3.8) is 0 Å². The Bertz CT molecular complexity index is 546. The molecule has 1 aromatic heterocycles. The van der Waals surface area contributed by atoms with E-state index in [9.17, 15) is 0 Å². The van der Waals surface area contributed by atoms with Crippen LogP contribution in [0.2, 0.25) is 0 Å². The fraction of sp³-hybridized carbons (Fsp3) is 0.286. The average molecular weight is 244 g/mol. The van der Waals surface area contributed by atoms with Crippen LogP contribution in [0.4, 0.5) is 0 Å². The first-order valence-corrected chi connectivity index (χ1v) is 6.28. The normalized spacial score (nSPS) is 12.4. The summed E-state index contributed by atoms with van der Waals surface area (Å²) >= 11 is 5.22. The highest BCUT2D eigenvalue weighted by molar-refractivity contribution is 7.71. The summed E-state index contributed by atoms with van der Waals surface area (Å²) in [4.78, 5) is 7.76. The van der Waals surface area contributed by atoms with Gasteiger partial charge in [-0.3, -0.25) is 0 Å². The average Bonchev–Trinajstić information content (AvgIpc) is 2.38. The Labute approximate surface area is 107 Å². The van der Waals surface area contributed by atoms with Crippen LogP contribution in [0.3, 0.4) is 0 Å². The number of rotatable bonds is 3. The number of aromatic nitrogens is 2. The molecular formula is C14H16N2S. The van der Waals surface area contributed by atoms with Gasteiger partial charge >= 0.3 is 0 Å². The zero-order valence-electron chi connectivity index (χ0n) is 10.1. The maximum absolute atomic E-state index is 5.22. The Hall–Kier alpha value is -1.48. The molecule has 0 fully saturated rings. The first-order chi connectivity index (χ1) is 8.20. The Kier molecular flexibility index (Phi) is 3.69. The van der Waals surface area contributed by atoms with Crippen molar-refractivity contribution < 1.29 is 0 Å². The summed E-state index contributed by atoms with van der Waals surface area (Å²) in [6.45, 7) is 4.31. The predicted molar refractivity (Wildman–Crippen MR) is 73.6 cm³/mol. The van der Waals surface area contributed by atoms with Gasteiger partial charge in [-0.25, -0.2) is 4.98 Å². The summed E-state index contributed by atoms with van der Waals surface area (Å²) in [6, 6.07) is 12.1. The summed E-state index contributed by atoms with van der Waals surface area (Å²) in [6.07, 6.45) is 1.05. The van der Waals surface area contributed by atoms with Crippen LogP contribution in [0.1, 0.15) is 32.0 Å². The summed E-state index contributed by atoms with van der Waals surface area (Å²) in [5.41, 5.74) is 2.19. The Morgan fingerprint density at radius 2 is 2.00 bits per heavy atom. The van der Waals surface area contributed by atoms with Gasteiger partial charge in [-0.2, -0.15) is 0 Å². The van der Waals surface area contributed by atoms with Gasteiger partial charge in [-0.05, 0) is 18.1 Å². The lowest BCUT2D eigenvalue weighted by atomic mass is 10.1. The van der Waals surface area contributed by atoms with E-state index in [0.29, 0.717) is 10.6 Å². The highest BCUT2D eigenvalue weighted by atomic mass is 32.1. The fourth-order valence-corrected chi connectivity index (χ4v) is 1.89. The van der Waals surface area contributed by atoms with Gasteiger partial charge in [0.05, 0.1) is 0 Å². The van der Waals surface area contributed by atoms with Gasteiger partial charge in [0, 0.05) is 11.6 Å². The van der Waals surface area contributed by atoms with Gasteiger partial charge in [0.15, 0.2) is 0 Å². The van der Waals surface area contributed by atoms with Crippen molar-refractivity contribution >= 4 is 12.2 Å². The SMILES string of the molecule is CCC(C)c1nc(=S)cc(-c2ccccc2)[nH]1. The second-order valence-electron chi connectivity index (χ2n) is 4.19. The van der Waals surface area contributed by atoms with Crippen molar-refractivity contribution in [2.24, 2.45) is 0 Å². The number of aromatic amines is 1. The maximum atomic E-state index is 5.22. The molecule has 1 aromatic carbocycles. The van der Waals surface area contributed by atoms with Crippen molar-refractivity contribution in [3.05, 3.63) is 46.9 Å². The van der Waals surface area contributed by atoms with E-state index in [4.69, 9.17) is 12.2 Å². The quantitative estimate of drug-likeness (QED) is 0.814. The molecule has 2 nitrogen and oxygen atoms in total. The molecule has 0 aliphatic heterocycles. The van der Waals surface area contributed by atoms with E-state index in [0.717, 1.165) is 23.5 Å². The molecule has 1 atom stereocenters. The third kappa shape index (κ3) is 2.80. The molecule has 3 heteroatoms. The molecule has 0 bridgehead atoms. The number of H-pyrrole nitrogens is 1. The minimum atomic E-state index is 0.403. The van der Waals surface area contributed by atoms with E-state index >= 15 is 0 Å². The molecule has 0 saturated carbocycles. The monoisotopic (exact) mass is 244 g/mol. The van der Waals surface area contributed by atoms with Crippen LogP contribution in [0.15, 0.2) is 36.4 Å². The molecular weight excluding hydrogens is 228 g/mol. The lowest BCUT2D eigenvalue weighted by Crippen LogP contribution is -2.01. The lowest BCUT2D eigenvalue weighted by Gasteiger charge is -2.10. The third-order valence-corrected chi connectivity index (χ3v) is 3.13. The molecule has 0 amide bonds. The van der Waals surface area contributed by atoms with Crippen molar-refractivity contribution in [1.29, 1.82) is 0 Å². The van der Waals surface area contributed by atoms with E-state index in [1.54, 1.807) is 0 Å². The smallest absolute Gasteiger partial charge is 0.130 e. The van der Waals surface area contributed by atoms with Crippen LogP contribution in [0.25, 0.3) is 11.3 Å². The van der Waals surface area contributed by atoms with Gasteiger partial charge in [0.2, 0.25) is 0 Å². The molecule has 0 radical (unpaired) electrons. The van der Waals surface area contributed by atoms with E-state index < -0.39 is 0 Å². The van der Waals surface area contributed by atoms with Crippen LogP contribution < -0.4 is 0 Å². The topological polar surface area (TPSA) is 28.7 Å². The molecule has 1 heterocycles. The lowest BCUT2D eigenvalue weighted by molar-refractivity contribution is 0.678. The van der Waals surface area contributed by atoms with Gasteiger partial charge in [-0.1, -0.05) is 56.4 Å². The minimum absolute atomic E-state index is 0.403. The zero-order chi connectivity index (χ0) is 12.3. The first kappa shape index (κ1) is 12.0. The number of nitrogens with zero attached hydrogens (tertiary/aromatic N) is 1. The summed E-state index contributed by atoms with van der Waals surface area (Å²) in [5, 5.41) is 0. The van der Waals surface area contributed by atoms with Crippen LogP contribution >= 0.6 is 12.2 Å². The molecule has 88 valence electrons. The molecule has 2 rings (SSSR count). The first-order valence-electron chi connectivity index (χ1n) is 5.87. The van der Waals surface area contributed by atoms with E-state index in [-0.39, 0.29) is 0 Å². The Balaban J connectivity index is 2.49. The molecule has 0 saturated heterocycles. The molecule has 2 aromatic rings. The van der Waals surface area contributed by atoms with Crippen molar-refractivity contribution in [2.45, 2.75) is 26.2 Å². The number of benzene rings is 1. The van der Waals surface area contributed by atoms with Crippen LogP contribution in [0.5, 0.6) is 0 Å². The molecule has 1 N–H and O–H groups in total. The second-order valence-corrected chi connectivity index (χ2v) is 4.61. The van der Waals surface area contributed by atoms with Gasteiger partial charge in [-0.15, -0.1) is 0 Å².